The largest absolute Gasteiger partial charge is 0.481 e. The Bertz CT molecular complexity index is 486. The Morgan fingerprint density at radius 2 is 2.40 bits per heavy atom. The van der Waals surface area contributed by atoms with Crippen LogP contribution in [0, 0.1) is 11.3 Å². The van der Waals surface area contributed by atoms with Crippen LogP contribution in [0.2, 0.25) is 0 Å². The third kappa shape index (κ3) is 1.15. The van der Waals surface area contributed by atoms with E-state index in [-0.39, 0.29) is 0 Å². The molecule has 78 valence electrons. The smallest absolute Gasteiger partial charge is 0.313 e. The monoisotopic (exact) mass is 222 g/mol. The van der Waals surface area contributed by atoms with Crippen molar-refractivity contribution in [2.45, 2.75) is 25.2 Å². The first-order valence-corrected chi connectivity index (χ1v) is 5.37. The van der Waals surface area contributed by atoms with Crippen molar-refractivity contribution in [3.63, 3.8) is 0 Å². The van der Waals surface area contributed by atoms with Crippen molar-refractivity contribution >= 4 is 22.3 Å². The van der Waals surface area contributed by atoms with E-state index in [4.69, 9.17) is 11.0 Å². The number of carboxylic acid groups (broad SMARTS) is 1. The Labute approximate surface area is 90.9 Å². The lowest BCUT2D eigenvalue weighted by Crippen LogP contribution is -2.30. The van der Waals surface area contributed by atoms with Crippen LogP contribution in [0.1, 0.15) is 29.3 Å². The lowest BCUT2D eigenvalue weighted by atomic mass is 9.83. The lowest BCUT2D eigenvalue weighted by molar-refractivity contribution is -0.143. The molecular weight excluding hydrogens is 212 g/mol. The van der Waals surface area contributed by atoms with Gasteiger partial charge in [0.15, 0.2) is 0 Å². The van der Waals surface area contributed by atoms with Gasteiger partial charge in [-0.2, -0.15) is 5.26 Å². The quantitative estimate of drug-likeness (QED) is 0.753. The van der Waals surface area contributed by atoms with Crippen LogP contribution in [0.4, 0.5) is 5.00 Å². The predicted molar refractivity (Wildman–Crippen MR) is 56.8 cm³/mol. The number of nitrogens with two attached hydrogens (primary N) is 1. The van der Waals surface area contributed by atoms with Crippen LogP contribution in [0.3, 0.4) is 0 Å². The van der Waals surface area contributed by atoms with Gasteiger partial charge < -0.3 is 10.8 Å². The van der Waals surface area contributed by atoms with Gasteiger partial charge in [0.05, 0.1) is 11.0 Å². The fourth-order valence-corrected chi connectivity index (χ4v) is 3.22. The van der Waals surface area contributed by atoms with Crippen molar-refractivity contribution < 1.29 is 9.90 Å². The average molecular weight is 222 g/mol. The van der Waals surface area contributed by atoms with Crippen molar-refractivity contribution in [3.8, 4) is 6.07 Å². The van der Waals surface area contributed by atoms with Crippen LogP contribution in [0.5, 0.6) is 0 Å². The SMILES string of the molecule is CC1(C(=O)O)CCc2sc(N)c(C#N)c21. The fraction of sp³-hybridized carbons (Fsp3) is 0.400. The molecule has 1 atom stereocenters. The number of nitrogen functional groups attached to an aromatic ring is 1. The standard InChI is InChI=1S/C10H10N2O2S/c1-10(9(13)14)3-2-6-7(10)5(4-11)8(12)15-6/h2-3,12H2,1H3,(H,13,14). The van der Waals surface area contributed by atoms with E-state index in [0.29, 0.717) is 29.0 Å². The second-order valence-electron chi connectivity index (χ2n) is 3.89. The van der Waals surface area contributed by atoms with E-state index >= 15 is 0 Å². The molecule has 3 N–H and O–H groups in total. The number of hydrogen-bond donors (Lipinski definition) is 2. The second-order valence-corrected chi connectivity index (χ2v) is 5.03. The summed E-state index contributed by atoms with van der Waals surface area (Å²) in [5, 5.41) is 18.6. The molecule has 1 aliphatic carbocycles. The molecule has 0 aliphatic heterocycles. The Morgan fingerprint density at radius 3 is 2.93 bits per heavy atom. The molecule has 1 aromatic rings. The van der Waals surface area contributed by atoms with Gasteiger partial charge in [-0.1, -0.05) is 0 Å². The molecule has 2 rings (SSSR count). The van der Waals surface area contributed by atoms with Gasteiger partial charge in [-0.3, -0.25) is 4.79 Å². The molecular formula is C10H10N2O2S. The zero-order valence-corrected chi connectivity index (χ0v) is 9.02. The Balaban J connectivity index is 2.69. The van der Waals surface area contributed by atoms with Gasteiger partial charge in [-0.25, -0.2) is 0 Å². The average Bonchev–Trinajstić information content (AvgIpc) is 2.65. The fourth-order valence-electron chi connectivity index (χ4n) is 2.07. The number of nitriles is 1. The van der Waals surface area contributed by atoms with Gasteiger partial charge in [0.25, 0.3) is 0 Å². The zero-order valence-electron chi connectivity index (χ0n) is 8.20. The lowest BCUT2D eigenvalue weighted by Gasteiger charge is -2.18. The summed E-state index contributed by atoms with van der Waals surface area (Å²) >= 11 is 1.34. The number of carbonyl (C=O) groups is 1. The van der Waals surface area contributed by atoms with E-state index < -0.39 is 11.4 Å². The molecule has 0 radical (unpaired) electrons. The third-order valence-electron chi connectivity index (χ3n) is 3.00. The highest BCUT2D eigenvalue weighted by molar-refractivity contribution is 7.16. The summed E-state index contributed by atoms with van der Waals surface area (Å²) in [4.78, 5) is 12.2. The highest BCUT2D eigenvalue weighted by Gasteiger charge is 2.45. The molecule has 0 amide bonds. The van der Waals surface area contributed by atoms with Gasteiger partial charge in [0.1, 0.15) is 11.1 Å². The number of carboxylic acids is 1. The summed E-state index contributed by atoms with van der Waals surface area (Å²) < 4.78 is 0. The summed E-state index contributed by atoms with van der Waals surface area (Å²) in [6.45, 7) is 1.66. The molecule has 0 fully saturated rings. The molecule has 15 heavy (non-hydrogen) atoms. The predicted octanol–water partition coefficient (Wildman–Crippen LogP) is 1.49. The van der Waals surface area contributed by atoms with Crippen molar-refractivity contribution in [1.82, 2.24) is 0 Å². The van der Waals surface area contributed by atoms with Gasteiger partial charge >= 0.3 is 5.97 Å². The number of rotatable bonds is 1. The second kappa shape index (κ2) is 2.97. The van der Waals surface area contributed by atoms with Crippen LogP contribution in [0.25, 0.3) is 0 Å². The van der Waals surface area contributed by atoms with Gasteiger partial charge in [-0.05, 0) is 19.8 Å². The van der Waals surface area contributed by atoms with Crippen molar-refractivity contribution in [3.05, 3.63) is 16.0 Å². The molecule has 0 bridgehead atoms. The van der Waals surface area contributed by atoms with E-state index in [9.17, 15) is 9.90 Å². The summed E-state index contributed by atoms with van der Waals surface area (Å²) in [7, 11) is 0. The normalized spacial score (nSPS) is 23.5. The Kier molecular flexibility index (Phi) is 1.98. The summed E-state index contributed by atoms with van der Waals surface area (Å²) in [5.74, 6) is -0.879. The summed E-state index contributed by atoms with van der Waals surface area (Å²) in [5.41, 5.74) is 5.75. The number of thiophene rings is 1. The van der Waals surface area contributed by atoms with Crippen LogP contribution < -0.4 is 5.73 Å². The van der Waals surface area contributed by atoms with Gasteiger partial charge in [0.2, 0.25) is 0 Å². The minimum atomic E-state index is -0.936. The Morgan fingerprint density at radius 1 is 1.73 bits per heavy atom. The summed E-state index contributed by atoms with van der Waals surface area (Å²) in [6, 6.07) is 2.01. The maximum Gasteiger partial charge on any atom is 0.313 e. The molecule has 1 aromatic heterocycles. The van der Waals surface area contributed by atoms with Crippen LogP contribution >= 0.6 is 11.3 Å². The molecule has 5 heteroatoms. The van der Waals surface area contributed by atoms with Gasteiger partial charge in [-0.15, -0.1) is 11.3 Å². The maximum atomic E-state index is 11.2. The number of hydrogen-bond acceptors (Lipinski definition) is 4. The molecule has 1 heterocycles. The number of aryl methyl sites for hydroxylation is 1. The van der Waals surface area contributed by atoms with Crippen LogP contribution in [-0.4, -0.2) is 11.1 Å². The first kappa shape index (κ1) is 9.99. The van der Waals surface area contributed by atoms with E-state index in [0.717, 1.165) is 4.88 Å². The Hall–Kier alpha value is -1.54. The topological polar surface area (TPSA) is 87.1 Å². The maximum absolute atomic E-state index is 11.2. The number of anilines is 1. The van der Waals surface area contributed by atoms with E-state index in [1.807, 2.05) is 6.07 Å². The molecule has 1 unspecified atom stereocenters. The number of fused-ring (bicyclic) bond motifs is 1. The number of aliphatic carboxylic acids is 1. The minimum absolute atomic E-state index is 0.359. The molecule has 1 aliphatic rings. The first-order valence-electron chi connectivity index (χ1n) is 4.56. The first-order chi connectivity index (χ1) is 7.00. The van der Waals surface area contributed by atoms with Crippen LogP contribution in [0.15, 0.2) is 0 Å². The van der Waals surface area contributed by atoms with E-state index in [1.165, 1.54) is 11.3 Å². The zero-order chi connectivity index (χ0) is 11.2. The van der Waals surface area contributed by atoms with Crippen molar-refractivity contribution in [2.75, 3.05) is 5.73 Å². The van der Waals surface area contributed by atoms with Crippen LogP contribution in [-0.2, 0) is 16.6 Å². The molecule has 0 saturated carbocycles. The molecule has 0 aromatic carbocycles. The van der Waals surface area contributed by atoms with Crippen molar-refractivity contribution in [2.24, 2.45) is 0 Å². The van der Waals surface area contributed by atoms with Gasteiger partial charge in [0, 0.05) is 10.4 Å². The van der Waals surface area contributed by atoms with Crippen molar-refractivity contribution in [1.29, 1.82) is 5.26 Å². The highest BCUT2D eigenvalue weighted by Crippen LogP contribution is 2.47. The van der Waals surface area contributed by atoms with E-state index in [2.05, 4.69) is 0 Å². The highest BCUT2D eigenvalue weighted by atomic mass is 32.1. The number of nitrogens with zero attached hydrogens (tertiary/aromatic N) is 1. The molecule has 0 spiro atoms. The third-order valence-corrected chi connectivity index (χ3v) is 4.07. The minimum Gasteiger partial charge on any atom is -0.481 e. The molecule has 0 saturated heterocycles. The molecule has 4 nitrogen and oxygen atoms in total. The van der Waals surface area contributed by atoms with E-state index in [1.54, 1.807) is 6.92 Å². The summed E-state index contributed by atoms with van der Waals surface area (Å²) in [6.07, 6.45) is 1.26.